The molecule has 0 aliphatic heterocycles. The van der Waals surface area contributed by atoms with Gasteiger partial charge in [0.25, 0.3) is 5.91 Å². The van der Waals surface area contributed by atoms with Crippen LogP contribution in [0, 0.1) is 6.92 Å². The van der Waals surface area contributed by atoms with Gasteiger partial charge in [-0.3, -0.25) is 4.79 Å². The highest BCUT2D eigenvalue weighted by molar-refractivity contribution is 9.10. The monoisotopic (exact) mass is 414 g/mol. The highest BCUT2D eigenvalue weighted by Crippen LogP contribution is 2.24. The van der Waals surface area contributed by atoms with E-state index in [-0.39, 0.29) is 11.9 Å². The third-order valence-electron chi connectivity index (χ3n) is 3.92. The Bertz CT molecular complexity index is 966. The van der Waals surface area contributed by atoms with Gasteiger partial charge >= 0.3 is 0 Å². The molecule has 0 radical (unpaired) electrons. The Hall–Kier alpha value is -2.74. The highest BCUT2D eigenvalue weighted by Gasteiger charge is 2.15. The van der Waals surface area contributed by atoms with Crippen molar-refractivity contribution in [1.29, 1.82) is 0 Å². The molecule has 0 spiro atoms. The second-order valence-corrected chi connectivity index (χ2v) is 7.06. The number of halogens is 1. The molecular weight excluding hydrogens is 396 g/mol. The molecule has 2 aromatic heterocycles. The molecule has 1 amide bonds. The van der Waals surface area contributed by atoms with Crippen molar-refractivity contribution in [1.82, 2.24) is 19.7 Å². The van der Waals surface area contributed by atoms with Gasteiger partial charge in [-0.25, -0.2) is 4.98 Å². The summed E-state index contributed by atoms with van der Waals surface area (Å²) in [6.07, 6.45) is 1.66. The molecule has 0 saturated heterocycles. The fourth-order valence-electron chi connectivity index (χ4n) is 2.52. The van der Waals surface area contributed by atoms with Crippen molar-refractivity contribution >= 4 is 33.3 Å². The largest absolute Gasteiger partial charge is 0.398 e. The number of hydrogen-bond acceptors (Lipinski definition) is 5. The van der Waals surface area contributed by atoms with Crippen molar-refractivity contribution < 1.29 is 4.79 Å². The minimum atomic E-state index is -0.321. The average molecular weight is 415 g/mol. The van der Waals surface area contributed by atoms with E-state index in [1.807, 2.05) is 37.5 Å². The van der Waals surface area contributed by atoms with E-state index in [1.165, 1.54) is 0 Å². The van der Waals surface area contributed by atoms with Gasteiger partial charge in [-0.15, -0.1) is 10.2 Å². The molecule has 0 bridgehead atoms. The van der Waals surface area contributed by atoms with Crippen molar-refractivity contribution in [2.24, 2.45) is 0 Å². The molecule has 3 rings (SSSR count). The molecule has 1 aromatic carbocycles. The predicted octanol–water partition coefficient (Wildman–Crippen LogP) is 3.83. The Morgan fingerprint density at radius 1 is 1.31 bits per heavy atom. The summed E-state index contributed by atoms with van der Waals surface area (Å²) >= 11 is 3.42. The SMILES string of the molecule is Cc1cc(N)c(C(=O)Nc2cccc(-c3nncn3C(C)C)n2)cc1Br. The first-order valence-electron chi connectivity index (χ1n) is 8.10. The van der Waals surface area contributed by atoms with Crippen LogP contribution in [0.15, 0.2) is 41.1 Å². The molecule has 3 aromatic rings. The van der Waals surface area contributed by atoms with E-state index in [4.69, 9.17) is 5.73 Å². The molecule has 0 aliphatic carbocycles. The lowest BCUT2D eigenvalue weighted by Crippen LogP contribution is -2.15. The van der Waals surface area contributed by atoms with Crippen LogP contribution in [0.25, 0.3) is 11.5 Å². The lowest BCUT2D eigenvalue weighted by atomic mass is 10.1. The van der Waals surface area contributed by atoms with Crippen LogP contribution >= 0.6 is 15.9 Å². The maximum atomic E-state index is 12.6. The zero-order valence-corrected chi connectivity index (χ0v) is 16.3. The second-order valence-electron chi connectivity index (χ2n) is 6.21. The Labute approximate surface area is 159 Å². The van der Waals surface area contributed by atoms with Gasteiger partial charge in [-0.2, -0.15) is 0 Å². The number of nitrogens with zero attached hydrogens (tertiary/aromatic N) is 4. The number of hydrogen-bond donors (Lipinski definition) is 2. The van der Waals surface area contributed by atoms with Crippen LogP contribution in [0.3, 0.4) is 0 Å². The van der Waals surface area contributed by atoms with Gasteiger partial charge in [0.1, 0.15) is 17.8 Å². The number of aromatic nitrogens is 4. The van der Waals surface area contributed by atoms with Crippen LogP contribution in [0.5, 0.6) is 0 Å². The highest BCUT2D eigenvalue weighted by atomic mass is 79.9. The summed E-state index contributed by atoms with van der Waals surface area (Å²) < 4.78 is 2.74. The smallest absolute Gasteiger partial charge is 0.258 e. The number of benzene rings is 1. The maximum absolute atomic E-state index is 12.6. The minimum absolute atomic E-state index is 0.199. The number of nitrogen functional groups attached to an aromatic ring is 1. The number of carbonyl (C=O) groups excluding carboxylic acids is 1. The molecule has 0 aliphatic rings. The third kappa shape index (κ3) is 3.60. The van der Waals surface area contributed by atoms with Gasteiger partial charge in [0, 0.05) is 16.2 Å². The normalized spacial score (nSPS) is 11.0. The van der Waals surface area contributed by atoms with Gasteiger partial charge in [-0.1, -0.05) is 22.0 Å². The Morgan fingerprint density at radius 2 is 2.08 bits per heavy atom. The van der Waals surface area contributed by atoms with Crippen molar-refractivity contribution in [3.8, 4) is 11.5 Å². The summed E-state index contributed by atoms with van der Waals surface area (Å²) in [4.78, 5) is 17.1. The van der Waals surface area contributed by atoms with E-state index in [9.17, 15) is 4.79 Å². The van der Waals surface area contributed by atoms with E-state index in [1.54, 1.807) is 24.5 Å². The standard InChI is InChI=1S/C18H19BrN6O/c1-10(2)25-9-21-24-17(25)15-5-4-6-16(22-15)23-18(26)12-8-13(19)11(3)7-14(12)20/h4-10H,20H2,1-3H3,(H,22,23,26). The summed E-state index contributed by atoms with van der Waals surface area (Å²) in [7, 11) is 0. The summed E-state index contributed by atoms with van der Waals surface area (Å²) in [6, 6.07) is 9.02. The molecule has 2 heterocycles. The summed E-state index contributed by atoms with van der Waals surface area (Å²) in [6.45, 7) is 5.99. The summed E-state index contributed by atoms with van der Waals surface area (Å²) in [5, 5.41) is 10.9. The topological polar surface area (TPSA) is 98.7 Å². The van der Waals surface area contributed by atoms with Crippen LogP contribution in [0.4, 0.5) is 11.5 Å². The zero-order valence-electron chi connectivity index (χ0n) is 14.7. The molecule has 0 saturated carbocycles. The van der Waals surface area contributed by atoms with Crippen molar-refractivity contribution in [2.45, 2.75) is 26.8 Å². The van der Waals surface area contributed by atoms with Crippen molar-refractivity contribution in [3.63, 3.8) is 0 Å². The molecule has 26 heavy (non-hydrogen) atoms. The molecule has 0 atom stereocenters. The first-order valence-corrected chi connectivity index (χ1v) is 8.90. The van der Waals surface area contributed by atoms with Gasteiger partial charge in [0.2, 0.25) is 0 Å². The minimum Gasteiger partial charge on any atom is -0.398 e. The third-order valence-corrected chi connectivity index (χ3v) is 4.78. The number of anilines is 2. The first kappa shape index (κ1) is 18.1. The van der Waals surface area contributed by atoms with Crippen LogP contribution in [0.2, 0.25) is 0 Å². The second kappa shape index (κ2) is 7.25. The fraction of sp³-hybridized carbons (Fsp3) is 0.222. The number of rotatable bonds is 4. The number of aryl methyl sites for hydroxylation is 1. The van der Waals surface area contributed by atoms with Crippen molar-refractivity contribution in [2.75, 3.05) is 11.1 Å². The number of nitrogens with one attached hydrogen (secondary N) is 1. The molecule has 3 N–H and O–H groups in total. The van der Waals surface area contributed by atoms with E-state index >= 15 is 0 Å². The van der Waals surface area contributed by atoms with E-state index in [0.717, 1.165) is 10.0 Å². The lowest BCUT2D eigenvalue weighted by molar-refractivity contribution is 0.102. The number of pyridine rings is 1. The number of amides is 1. The predicted molar refractivity (Wildman–Crippen MR) is 105 cm³/mol. The van der Waals surface area contributed by atoms with Crippen LogP contribution < -0.4 is 11.1 Å². The Kier molecular flexibility index (Phi) is 5.03. The molecule has 134 valence electrons. The number of nitrogens with two attached hydrogens (primary N) is 1. The van der Waals surface area contributed by atoms with Gasteiger partial charge in [-0.05, 0) is 50.6 Å². The average Bonchev–Trinajstić information content (AvgIpc) is 3.08. The zero-order chi connectivity index (χ0) is 18.8. The van der Waals surface area contributed by atoms with E-state index in [0.29, 0.717) is 28.6 Å². The van der Waals surface area contributed by atoms with Gasteiger partial charge in [0.05, 0.1) is 5.56 Å². The van der Waals surface area contributed by atoms with Crippen molar-refractivity contribution in [3.05, 3.63) is 52.3 Å². The first-order chi connectivity index (χ1) is 12.4. The summed E-state index contributed by atoms with van der Waals surface area (Å²) in [5.74, 6) is 0.744. The molecule has 7 nitrogen and oxygen atoms in total. The van der Waals surface area contributed by atoms with Crippen LogP contribution in [-0.2, 0) is 0 Å². The van der Waals surface area contributed by atoms with E-state index < -0.39 is 0 Å². The number of carbonyl (C=O) groups is 1. The molecule has 0 unspecified atom stereocenters. The fourth-order valence-corrected chi connectivity index (χ4v) is 2.86. The van der Waals surface area contributed by atoms with Gasteiger partial charge < -0.3 is 15.6 Å². The quantitative estimate of drug-likeness (QED) is 0.631. The summed E-state index contributed by atoms with van der Waals surface area (Å²) in [5.41, 5.74) is 8.38. The van der Waals surface area contributed by atoms with Crippen LogP contribution in [-0.4, -0.2) is 25.7 Å². The Balaban J connectivity index is 1.89. The maximum Gasteiger partial charge on any atom is 0.258 e. The van der Waals surface area contributed by atoms with Crippen LogP contribution in [0.1, 0.15) is 35.8 Å². The molecular formula is C18H19BrN6O. The molecule has 0 fully saturated rings. The lowest BCUT2D eigenvalue weighted by Gasteiger charge is -2.11. The van der Waals surface area contributed by atoms with Gasteiger partial charge in [0.15, 0.2) is 5.82 Å². The Morgan fingerprint density at radius 3 is 2.81 bits per heavy atom. The van der Waals surface area contributed by atoms with E-state index in [2.05, 4.69) is 36.4 Å². The molecule has 8 heteroatoms.